The zero-order chi connectivity index (χ0) is 23.4. The van der Waals surface area contributed by atoms with Crippen LogP contribution in [0, 0.1) is 11.7 Å². The van der Waals surface area contributed by atoms with E-state index in [1.807, 2.05) is 27.7 Å². The van der Waals surface area contributed by atoms with Crippen LogP contribution < -0.4 is 10.9 Å². The van der Waals surface area contributed by atoms with E-state index < -0.39 is 5.82 Å². The number of carbonyl (C=O) groups is 2. The molecular formula is C24H26FN3O3S. The first-order chi connectivity index (χ1) is 15.2. The summed E-state index contributed by atoms with van der Waals surface area (Å²) in [6.07, 6.45) is 0. The normalized spacial score (nSPS) is 11.3. The second-order valence-corrected chi connectivity index (χ2v) is 9.23. The minimum Gasteiger partial charge on any atom is -0.350 e. The quantitative estimate of drug-likeness (QED) is 0.311. The summed E-state index contributed by atoms with van der Waals surface area (Å²) in [7, 11) is 0. The lowest BCUT2D eigenvalue weighted by Gasteiger charge is -2.15. The molecule has 1 amide bonds. The molecule has 0 aliphatic carbocycles. The van der Waals surface area contributed by atoms with Crippen molar-refractivity contribution in [3.05, 3.63) is 69.8 Å². The van der Waals surface area contributed by atoms with Gasteiger partial charge in [-0.05, 0) is 62.2 Å². The van der Waals surface area contributed by atoms with Crippen LogP contribution in [0.4, 0.5) is 4.39 Å². The molecule has 32 heavy (non-hydrogen) atoms. The van der Waals surface area contributed by atoms with Gasteiger partial charge in [-0.2, -0.15) is 0 Å². The van der Waals surface area contributed by atoms with Gasteiger partial charge in [-0.15, -0.1) is 0 Å². The number of rotatable bonds is 8. The van der Waals surface area contributed by atoms with Gasteiger partial charge in [0.05, 0.1) is 16.7 Å². The Morgan fingerprint density at radius 3 is 2.34 bits per heavy atom. The number of halogens is 1. The molecule has 0 saturated carbocycles. The molecule has 0 bridgehead atoms. The molecule has 0 unspecified atom stereocenters. The number of benzene rings is 2. The highest BCUT2D eigenvalue weighted by atomic mass is 32.2. The number of hydrogen-bond donors (Lipinski definition) is 1. The van der Waals surface area contributed by atoms with E-state index in [4.69, 9.17) is 0 Å². The molecule has 0 saturated heterocycles. The molecular weight excluding hydrogens is 429 g/mol. The molecule has 0 spiro atoms. The summed E-state index contributed by atoms with van der Waals surface area (Å²) in [5.74, 6) is -0.597. The van der Waals surface area contributed by atoms with Crippen LogP contribution in [0.25, 0.3) is 10.9 Å². The first-order valence-electron chi connectivity index (χ1n) is 10.4. The van der Waals surface area contributed by atoms with Gasteiger partial charge in [-0.3, -0.25) is 19.0 Å². The third-order valence-electron chi connectivity index (χ3n) is 4.65. The third-order valence-corrected chi connectivity index (χ3v) is 5.62. The van der Waals surface area contributed by atoms with Crippen LogP contribution in [-0.2, 0) is 6.54 Å². The number of carbonyl (C=O) groups excluding carboxylic acids is 2. The van der Waals surface area contributed by atoms with E-state index in [1.165, 1.54) is 24.3 Å². The number of Topliss-reactive ketones (excluding diaryl/α,β-unsaturated/α-hetero) is 1. The highest BCUT2D eigenvalue weighted by Gasteiger charge is 2.17. The van der Waals surface area contributed by atoms with Crippen molar-refractivity contribution >= 4 is 34.4 Å². The highest BCUT2D eigenvalue weighted by Crippen LogP contribution is 2.21. The number of fused-ring (bicyclic) bond motifs is 1. The minimum absolute atomic E-state index is 0.0196. The van der Waals surface area contributed by atoms with Crippen molar-refractivity contribution in [2.24, 2.45) is 5.92 Å². The molecule has 0 fully saturated rings. The zero-order valence-electron chi connectivity index (χ0n) is 18.5. The molecule has 8 heteroatoms. The van der Waals surface area contributed by atoms with Crippen molar-refractivity contribution in [1.29, 1.82) is 0 Å². The molecule has 2 aromatic carbocycles. The molecule has 1 heterocycles. The number of aromatic nitrogens is 2. The SMILES string of the molecule is CC(C)Cn1c(SCC(=O)c2ccc(F)cc2)nc2cc(C(=O)NC(C)C)ccc2c1=O. The van der Waals surface area contributed by atoms with Crippen LogP contribution >= 0.6 is 11.8 Å². The van der Waals surface area contributed by atoms with Gasteiger partial charge in [-0.1, -0.05) is 25.6 Å². The van der Waals surface area contributed by atoms with Crippen LogP contribution in [0.15, 0.2) is 52.4 Å². The average Bonchev–Trinajstić information content (AvgIpc) is 2.73. The van der Waals surface area contributed by atoms with Crippen LogP contribution in [0.3, 0.4) is 0 Å². The maximum atomic E-state index is 13.2. The van der Waals surface area contributed by atoms with E-state index in [2.05, 4.69) is 10.3 Å². The highest BCUT2D eigenvalue weighted by molar-refractivity contribution is 7.99. The molecule has 0 aliphatic rings. The standard InChI is InChI=1S/C24H26FN3O3S/c1-14(2)12-28-23(31)19-10-7-17(22(30)26-15(3)4)11-20(19)27-24(28)32-13-21(29)16-5-8-18(25)9-6-16/h5-11,14-15H,12-13H2,1-4H3,(H,26,30). The number of ketones is 1. The Hall–Kier alpha value is -3.00. The minimum atomic E-state index is -0.409. The van der Waals surface area contributed by atoms with Crippen LogP contribution in [-0.4, -0.2) is 33.0 Å². The van der Waals surface area contributed by atoms with Crippen molar-refractivity contribution in [3.63, 3.8) is 0 Å². The Morgan fingerprint density at radius 1 is 1.06 bits per heavy atom. The number of hydrogen-bond acceptors (Lipinski definition) is 5. The second kappa shape index (κ2) is 10.1. The van der Waals surface area contributed by atoms with Crippen LogP contribution in [0.2, 0.25) is 0 Å². The van der Waals surface area contributed by atoms with Gasteiger partial charge in [0.25, 0.3) is 11.5 Å². The summed E-state index contributed by atoms with van der Waals surface area (Å²) in [6, 6.07) is 10.2. The summed E-state index contributed by atoms with van der Waals surface area (Å²) in [5.41, 5.74) is 1.00. The summed E-state index contributed by atoms with van der Waals surface area (Å²) >= 11 is 1.16. The summed E-state index contributed by atoms with van der Waals surface area (Å²) < 4.78 is 14.7. The van der Waals surface area contributed by atoms with Crippen molar-refractivity contribution in [2.75, 3.05) is 5.75 Å². The summed E-state index contributed by atoms with van der Waals surface area (Å²) in [4.78, 5) is 42.7. The number of nitrogens with zero attached hydrogens (tertiary/aromatic N) is 2. The maximum Gasteiger partial charge on any atom is 0.262 e. The fourth-order valence-corrected chi connectivity index (χ4v) is 4.08. The van der Waals surface area contributed by atoms with Gasteiger partial charge < -0.3 is 5.32 Å². The Balaban J connectivity index is 1.97. The van der Waals surface area contributed by atoms with Crippen molar-refractivity contribution in [1.82, 2.24) is 14.9 Å². The predicted octanol–water partition coefficient (Wildman–Crippen LogP) is 4.30. The number of thioether (sulfide) groups is 1. The average molecular weight is 456 g/mol. The van der Waals surface area contributed by atoms with E-state index in [9.17, 15) is 18.8 Å². The van der Waals surface area contributed by atoms with E-state index in [0.29, 0.717) is 33.7 Å². The second-order valence-electron chi connectivity index (χ2n) is 8.28. The molecule has 0 atom stereocenters. The third kappa shape index (κ3) is 5.62. The summed E-state index contributed by atoms with van der Waals surface area (Å²) in [6.45, 7) is 8.18. The Labute approximate surface area is 190 Å². The van der Waals surface area contributed by atoms with Crippen LogP contribution in [0.5, 0.6) is 0 Å². The summed E-state index contributed by atoms with van der Waals surface area (Å²) in [5, 5.41) is 3.65. The van der Waals surface area contributed by atoms with Gasteiger partial charge in [-0.25, -0.2) is 9.37 Å². The van der Waals surface area contributed by atoms with Crippen molar-refractivity contribution in [3.8, 4) is 0 Å². The molecule has 168 valence electrons. The van der Waals surface area contributed by atoms with E-state index in [0.717, 1.165) is 11.8 Å². The van der Waals surface area contributed by atoms with Gasteiger partial charge in [0.1, 0.15) is 5.82 Å². The largest absolute Gasteiger partial charge is 0.350 e. The van der Waals surface area contributed by atoms with E-state index in [1.54, 1.807) is 22.8 Å². The van der Waals surface area contributed by atoms with E-state index in [-0.39, 0.29) is 35.0 Å². The first-order valence-corrected chi connectivity index (χ1v) is 11.4. The lowest BCUT2D eigenvalue weighted by Crippen LogP contribution is -2.30. The topological polar surface area (TPSA) is 81.1 Å². The molecule has 0 radical (unpaired) electrons. The fourth-order valence-electron chi connectivity index (χ4n) is 3.17. The fraction of sp³-hybridized carbons (Fsp3) is 0.333. The molecule has 1 aromatic heterocycles. The van der Waals surface area contributed by atoms with Gasteiger partial charge in [0.2, 0.25) is 0 Å². The molecule has 6 nitrogen and oxygen atoms in total. The van der Waals surface area contributed by atoms with Gasteiger partial charge in [0, 0.05) is 23.7 Å². The van der Waals surface area contributed by atoms with Gasteiger partial charge >= 0.3 is 0 Å². The predicted molar refractivity (Wildman–Crippen MR) is 125 cm³/mol. The Kier molecular flexibility index (Phi) is 7.45. The first kappa shape index (κ1) is 23.7. The lowest BCUT2D eigenvalue weighted by atomic mass is 10.1. The van der Waals surface area contributed by atoms with Crippen molar-refractivity contribution in [2.45, 2.75) is 45.4 Å². The Bertz CT molecular complexity index is 1200. The maximum absolute atomic E-state index is 13.2. The van der Waals surface area contributed by atoms with E-state index >= 15 is 0 Å². The molecule has 3 rings (SSSR count). The lowest BCUT2D eigenvalue weighted by molar-refractivity contribution is 0.0942. The smallest absolute Gasteiger partial charge is 0.262 e. The molecule has 0 aliphatic heterocycles. The molecule has 1 N–H and O–H groups in total. The van der Waals surface area contributed by atoms with Gasteiger partial charge in [0.15, 0.2) is 10.9 Å². The zero-order valence-corrected chi connectivity index (χ0v) is 19.3. The Morgan fingerprint density at radius 2 is 1.72 bits per heavy atom. The van der Waals surface area contributed by atoms with Crippen LogP contribution in [0.1, 0.15) is 48.4 Å². The monoisotopic (exact) mass is 455 g/mol. The molecule has 3 aromatic rings. The number of amides is 1. The van der Waals surface area contributed by atoms with Crippen molar-refractivity contribution < 1.29 is 14.0 Å². The number of nitrogens with one attached hydrogen (secondary N) is 1.